The molecule has 1 aromatic rings. The molecule has 0 aliphatic rings. The van der Waals surface area contributed by atoms with Crippen LogP contribution in [0.3, 0.4) is 0 Å². The summed E-state index contributed by atoms with van der Waals surface area (Å²) in [6, 6.07) is 4.40. The SMILES string of the molecule is C=Cc1ccc(C)c(C)c1C([SiH3])[SiH3]. The van der Waals surface area contributed by atoms with Crippen molar-refractivity contribution >= 4 is 26.6 Å². The first-order valence-electron chi connectivity index (χ1n) is 4.80. The first-order chi connectivity index (χ1) is 6.07. The van der Waals surface area contributed by atoms with Crippen LogP contribution in [0.5, 0.6) is 0 Å². The van der Waals surface area contributed by atoms with E-state index in [0.29, 0.717) is 0 Å². The fourth-order valence-electron chi connectivity index (χ4n) is 1.80. The third kappa shape index (κ3) is 2.00. The standard InChI is InChI=1S/C11H18Si2/c1-4-9-6-5-7(2)8(3)10(9)11(12)13/h4-6,11H,1H2,2-3,12-13H3. The Hall–Kier alpha value is -0.606. The lowest BCUT2D eigenvalue weighted by Gasteiger charge is -2.15. The quantitative estimate of drug-likeness (QED) is 0.624. The smallest absolute Gasteiger partial charge is 0.00785 e. The summed E-state index contributed by atoms with van der Waals surface area (Å²) in [6.07, 6.45) is 1.99. The first-order valence-corrected chi connectivity index (χ1v) is 7.11. The Morgan fingerprint density at radius 2 is 1.92 bits per heavy atom. The largest absolute Gasteiger partial charge is 0.0985 e. The van der Waals surface area contributed by atoms with Crippen LogP contribution in [0.2, 0.25) is 0 Å². The Balaban J connectivity index is 3.41. The average molecular weight is 206 g/mol. The molecule has 0 heterocycles. The van der Waals surface area contributed by atoms with E-state index < -0.39 is 0 Å². The van der Waals surface area contributed by atoms with Crippen LogP contribution in [0.4, 0.5) is 0 Å². The molecule has 0 saturated heterocycles. The van der Waals surface area contributed by atoms with Crippen LogP contribution in [-0.4, -0.2) is 20.5 Å². The molecule has 0 N–H and O–H groups in total. The molecule has 0 atom stereocenters. The van der Waals surface area contributed by atoms with Gasteiger partial charge in [-0.3, -0.25) is 0 Å². The third-order valence-corrected chi connectivity index (χ3v) is 3.77. The molecule has 0 aliphatic heterocycles. The van der Waals surface area contributed by atoms with Crippen molar-refractivity contribution in [1.29, 1.82) is 0 Å². The van der Waals surface area contributed by atoms with Gasteiger partial charge < -0.3 is 0 Å². The van der Waals surface area contributed by atoms with Crippen LogP contribution in [0.25, 0.3) is 6.08 Å². The fraction of sp³-hybridized carbons (Fsp3) is 0.273. The lowest BCUT2D eigenvalue weighted by molar-refractivity contribution is 1.21. The van der Waals surface area contributed by atoms with E-state index in [1.807, 2.05) is 6.08 Å². The van der Waals surface area contributed by atoms with Crippen molar-refractivity contribution in [3.8, 4) is 0 Å². The molecule has 0 saturated carbocycles. The molecule has 13 heavy (non-hydrogen) atoms. The summed E-state index contributed by atoms with van der Waals surface area (Å²) < 4.78 is 0. The molecule has 0 radical (unpaired) electrons. The van der Waals surface area contributed by atoms with E-state index in [-0.39, 0.29) is 0 Å². The highest BCUT2D eigenvalue weighted by molar-refractivity contribution is 6.36. The molecule has 0 aromatic heterocycles. The fourth-order valence-corrected chi connectivity index (χ4v) is 3.34. The predicted octanol–water partition coefficient (Wildman–Crippen LogP) is 0.676. The van der Waals surface area contributed by atoms with Crippen molar-refractivity contribution in [1.82, 2.24) is 0 Å². The van der Waals surface area contributed by atoms with Crippen LogP contribution >= 0.6 is 0 Å². The van der Waals surface area contributed by atoms with Gasteiger partial charge in [0.15, 0.2) is 0 Å². The summed E-state index contributed by atoms with van der Waals surface area (Å²) >= 11 is 0. The van der Waals surface area contributed by atoms with Gasteiger partial charge in [0.2, 0.25) is 0 Å². The van der Waals surface area contributed by atoms with Gasteiger partial charge in [-0.2, -0.15) is 0 Å². The van der Waals surface area contributed by atoms with Crippen LogP contribution < -0.4 is 0 Å². The van der Waals surface area contributed by atoms with E-state index in [4.69, 9.17) is 0 Å². The van der Waals surface area contributed by atoms with Crippen molar-refractivity contribution in [2.75, 3.05) is 0 Å². The van der Waals surface area contributed by atoms with Crippen LogP contribution in [0, 0.1) is 13.8 Å². The highest BCUT2D eigenvalue weighted by atomic mass is 28.2. The lowest BCUT2D eigenvalue weighted by Crippen LogP contribution is -2.04. The van der Waals surface area contributed by atoms with Crippen LogP contribution in [-0.2, 0) is 0 Å². The van der Waals surface area contributed by atoms with E-state index in [2.05, 4.69) is 32.6 Å². The van der Waals surface area contributed by atoms with Gasteiger partial charge in [-0.25, -0.2) is 0 Å². The topological polar surface area (TPSA) is 0 Å². The first kappa shape index (κ1) is 10.5. The zero-order chi connectivity index (χ0) is 10.0. The van der Waals surface area contributed by atoms with E-state index in [9.17, 15) is 0 Å². The zero-order valence-corrected chi connectivity index (χ0v) is 13.0. The van der Waals surface area contributed by atoms with Crippen molar-refractivity contribution < 1.29 is 0 Å². The summed E-state index contributed by atoms with van der Waals surface area (Å²) in [6.45, 7) is 8.30. The Morgan fingerprint density at radius 1 is 1.31 bits per heavy atom. The number of rotatable bonds is 2. The van der Waals surface area contributed by atoms with E-state index in [0.717, 1.165) is 5.16 Å². The molecular formula is C11H18Si2. The summed E-state index contributed by atoms with van der Waals surface area (Å²) in [4.78, 5) is 0. The third-order valence-electron chi connectivity index (χ3n) is 2.62. The number of hydrogen-bond acceptors (Lipinski definition) is 0. The Bertz CT molecular complexity index is 327. The summed E-state index contributed by atoms with van der Waals surface area (Å²) in [7, 11) is 2.54. The van der Waals surface area contributed by atoms with E-state index >= 15 is 0 Å². The van der Waals surface area contributed by atoms with Gasteiger partial charge in [0.05, 0.1) is 0 Å². The lowest BCUT2D eigenvalue weighted by atomic mass is 9.98. The highest BCUT2D eigenvalue weighted by Gasteiger charge is 2.08. The second kappa shape index (κ2) is 4.07. The summed E-state index contributed by atoms with van der Waals surface area (Å²) in [5.74, 6) is 0. The van der Waals surface area contributed by atoms with Gasteiger partial charge in [-0.15, -0.1) is 0 Å². The van der Waals surface area contributed by atoms with Crippen molar-refractivity contribution in [2.24, 2.45) is 0 Å². The minimum absolute atomic E-state index is 0.855. The van der Waals surface area contributed by atoms with Gasteiger partial charge in [0.25, 0.3) is 0 Å². The molecule has 0 aliphatic carbocycles. The van der Waals surface area contributed by atoms with Crippen LogP contribution in [0.15, 0.2) is 18.7 Å². The molecule has 0 unspecified atom stereocenters. The summed E-state index contributed by atoms with van der Waals surface area (Å²) in [5, 5.41) is 0.855. The maximum Gasteiger partial charge on any atom is 0.00785 e. The summed E-state index contributed by atoms with van der Waals surface area (Å²) in [5.41, 5.74) is 5.80. The molecule has 1 aromatic carbocycles. The molecule has 70 valence electrons. The number of benzene rings is 1. The normalized spacial score (nSPS) is 13.1. The molecular weight excluding hydrogens is 188 g/mol. The molecule has 0 fully saturated rings. The van der Waals surface area contributed by atoms with Gasteiger partial charge in [-0.1, -0.05) is 24.8 Å². The van der Waals surface area contributed by atoms with E-state index in [1.165, 1.54) is 37.2 Å². The molecule has 2 heteroatoms. The molecule has 1 rings (SSSR count). The minimum atomic E-state index is 0.855. The molecule has 0 amide bonds. The maximum atomic E-state index is 3.88. The van der Waals surface area contributed by atoms with Crippen molar-refractivity contribution in [2.45, 2.75) is 19.0 Å². The van der Waals surface area contributed by atoms with Crippen LogP contribution in [0.1, 0.15) is 27.4 Å². The van der Waals surface area contributed by atoms with Crippen molar-refractivity contribution in [3.05, 3.63) is 41.0 Å². The van der Waals surface area contributed by atoms with Gasteiger partial charge in [0.1, 0.15) is 0 Å². The predicted molar refractivity (Wildman–Crippen MR) is 68.6 cm³/mol. The Kier molecular flexibility index (Phi) is 3.28. The number of aryl methyl sites for hydroxylation is 1. The van der Waals surface area contributed by atoms with Gasteiger partial charge in [-0.05, 0) is 41.3 Å². The monoisotopic (exact) mass is 206 g/mol. The molecule has 0 bridgehead atoms. The van der Waals surface area contributed by atoms with E-state index in [1.54, 1.807) is 5.56 Å². The Labute approximate surface area is 86.9 Å². The minimum Gasteiger partial charge on any atom is -0.0985 e. The maximum absolute atomic E-state index is 3.88. The van der Waals surface area contributed by atoms with Gasteiger partial charge >= 0.3 is 0 Å². The van der Waals surface area contributed by atoms with Crippen molar-refractivity contribution in [3.63, 3.8) is 0 Å². The zero-order valence-electron chi connectivity index (χ0n) is 9.02. The van der Waals surface area contributed by atoms with Gasteiger partial charge in [0, 0.05) is 20.5 Å². The number of hydrogen-bond donors (Lipinski definition) is 0. The Morgan fingerprint density at radius 3 is 2.38 bits per heavy atom. The second-order valence-corrected chi connectivity index (χ2v) is 9.64. The molecule has 0 spiro atoms. The highest BCUT2D eigenvalue weighted by Crippen LogP contribution is 2.23. The second-order valence-electron chi connectivity index (χ2n) is 3.87. The average Bonchev–Trinajstić information content (AvgIpc) is 2.08. The molecule has 0 nitrogen and oxygen atoms in total.